The van der Waals surface area contributed by atoms with Crippen LogP contribution in [0.25, 0.3) is 0 Å². The third-order valence-electron chi connectivity index (χ3n) is 5.49. The van der Waals surface area contributed by atoms with Crippen molar-refractivity contribution in [3.8, 4) is 5.75 Å². The molecule has 2 N–H and O–H groups in total. The number of hydrogen-bond donors (Lipinski definition) is 2. The minimum atomic E-state index is -0.385. The third kappa shape index (κ3) is 4.51. The van der Waals surface area contributed by atoms with Gasteiger partial charge < -0.3 is 20.3 Å². The Hall–Kier alpha value is -3.62. The van der Waals surface area contributed by atoms with Gasteiger partial charge in [0.1, 0.15) is 11.9 Å². The summed E-state index contributed by atoms with van der Waals surface area (Å²) in [6.07, 6.45) is 3.72. The number of rotatable bonds is 6. The molecule has 2 aromatic heterocycles. The number of fused-ring (bicyclic) bond motifs is 1. The Morgan fingerprint density at radius 2 is 2.06 bits per heavy atom. The number of methoxy groups -OCH3 is 1. The summed E-state index contributed by atoms with van der Waals surface area (Å²) in [7, 11) is 3.35. The molecule has 9 heteroatoms. The first-order valence-corrected chi connectivity index (χ1v) is 9.98. The first-order valence-electron chi connectivity index (χ1n) is 9.98. The van der Waals surface area contributed by atoms with Gasteiger partial charge in [-0.3, -0.25) is 9.48 Å². The van der Waals surface area contributed by atoms with Gasteiger partial charge in [0.05, 0.1) is 36.9 Å². The van der Waals surface area contributed by atoms with E-state index < -0.39 is 0 Å². The number of aryl methyl sites for hydroxylation is 1. The van der Waals surface area contributed by atoms with Crippen LogP contribution in [0.1, 0.15) is 31.2 Å². The molecule has 4 rings (SSSR count). The highest BCUT2D eigenvalue weighted by molar-refractivity contribution is 6.04. The van der Waals surface area contributed by atoms with Crippen molar-refractivity contribution in [3.63, 3.8) is 0 Å². The normalized spacial score (nSPS) is 15.0. The lowest BCUT2D eigenvalue weighted by Crippen LogP contribution is -2.44. The van der Waals surface area contributed by atoms with E-state index in [1.54, 1.807) is 23.0 Å². The SMILES string of the molecule is C.COc1cc(Cn2cc(CNc3cc4c(c(C)n3)NC(=O)[C@H](C)N4C)cn2)ccc1F. The van der Waals surface area contributed by atoms with Gasteiger partial charge in [-0.1, -0.05) is 13.5 Å². The van der Waals surface area contributed by atoms with Crippen LogP contribution in [0.4, 0.5) is 21.6 Å². The second kappa shape index (κ2) is 9.25. The van der Waals surface area contributed by atoms with Crippen LogP contribution in [0.15, 0.2) is 36.7 Å². The van der Waals surface area contributed by atoms with Gasteiger partial charge in [-0.25, -0.2) is 9.37 Å². The van der Waals surface area contributed by atoms with Gasteiger partial charge in [0, 0.05) is 31.4 Å². The summed E-state index contributed by atoms with van der Waals surface area (Å²) in [6, 6.07) is 6.47. The molecule has 1 amide bonds. The number of anilines is 3. The van der Waals surface area contributed by atoms with Crippen LogP contribution in [-0.2, 0) is 17.9 Å². The minimum absolute atomic E-state index is 0. The Morgan fingerprint density at radius 3 is 2.81 bits per heavy atom. The molecule has 0 radical (unpaired) electrons. The molecule has 1 aliphatic heterocycles. The summed E-state index contributed by atoms with van der Waals surface area (Å²) >= 11 is 0. The molecular formula is C23H29FN6O2. The number of nitrogens with zero attached hydrogens (tertiary/aromatic N) is 4. The molecule has 0 fully saturated rings. The molecule has 3 heterocycles. The molecule has 0 saturated heterocycles. The molecule has 32 heavy (non-hydrogen) atoms. The largest absolute Gasteiger partial charge is 0.494 e. The van der Waals surface area contributed by atoms with Crippen molar-refractivity contribution in [2.45, 2.75) is 40.4 Å². The van der Waals surface area contributed by atoms with Crippen LogP contribution < -0.4 is 20.3 Å². The van der Waals surface area contributed by atoms with Gasteiger partial charge in [0.15, 0.2) is 11.6 Å². The van der Waals surface area contributed by atoms with Crippen LogP contribution in [0, 0.1) is 12.7 Å². The van der Waals surface area contributed by atoms with Crippen molar-refractivity contribution in [1.29, 1.82) is 0 Å². The number of carbonyl (C=O) groups excluding carboxylic acids is 1. The Bertz CT molecular complexity index is 1130. The van der Waals surface area contributed by atoms with Crippen LogP contribution >= 0.6 is 0 Å². The molecule has 8 nitrogen and oxygen atoms in total. The lowest BCUT2D eigenvalue weighted by molar-refractivity contribution is -0.117. The number of likely N-dealkylation sites (N-methyl/N-ethyl adjacent to an activating group) is 1. The number of aromatic nitrogens is 3. The van der Waals surface area contributed by atoms with Gasteiger partial charge in [0.2, 0.25) is 5.91 Å². The Labute approximate surface area is 187 Å². The topological polar surface area (TPSA) is 84.3 Å². The highest BCUT2D eigenvalue weighted by atomic mass is 19.1. The first kappa shape index (κ1) is 23.1. The molecule has 0 unspecified atom stereocenters. The van der Waals surface area contributed by atoms with Crippen molar-refractivity contribution in [3.05, 3.63) is 59.3 Å². The average molecular weight is 441 g/mol. The molecule has 1 atom stereocenters. The van der Waals surface area contributed by atoms with Crippen LogP contribution in [0.5, 0.6) is 5.75 Å². The summed E-state index contributed by atoms with van der Waals surface area (Å²) in [5.74, 6) is 0.522. The minimum Gasteiger partial charge on any atom is -0.494 e. The highest BCUT2D eigenvalue weighted by Crippen LogP contribution is 2.34. The van der Waals surface area contributed by atoms with Gasteiger partial charge >= 0.3 is 0 Å². The average Bonchev–Trinajstić information content (AvgIpc) is 3.20. The van der Waals surface area contributed by atoms with E-state index in [4.69, 9.17) is 4.74 Å². The second-order valence-electron chi connectivity index (χ2n) is 7.63. The fraction of sp³-hybridized carbons (Fsp3) is 0.348. The fourth-order valence-corrected chi connectivity index (χ4v) is 3.56. The third-order valence-corrected chi connectivity index (χ3v) is 5.49. The fourth-order valence-electron chi connectivity index (χ4n) is 3.56. The zero-order valence-electron chi connectivity index (χ0n) is 17.9. The smallest absolute Gasteiger partial charge is 0.246 e. The number of benzene rings is 1. The number of carbonyl (C=O) groups is 1. The van der Waals surface area contributed by atoms with Crippen molar-refractivity contribution in [2.24, 2.45) is 0 Å². The zero-order chi connectivity index (χ0) is 22.1. The Balaban J connectivity index is 0.00000289. The summed E-state index contributed by atoms with van der Waals surface area (Å²) in [6.45, 7) is 4.80. The van der Waals surface area contributed by atoms with E-state index in [9.17, 15) is 9.18 Å². The number of pyridine rings is 1. The predicted molar refractivity (Wildman–Crippen MR) is 124 cm³/mol. The standard InChI is InChI=1S/C22H25FN6O2.CH4/c1-13-21-18(28(3)14(2)22(30)27-21)8-20(26-13)24-9-16-10-25-29(12-16)11-15-5-6-17(23)19(7-15)31-4;/h5-8,10,12,14H,9,11H2,1-4H3,(H,24,26)(H,27,30);1H4/t14-;/m0./s1. The summed E-state index contributed by atoms with van der Waals surface area (Å²) in [5, 5.41) is 10.6. The van der Waals surface area contributed by atoms with Gasteiger partial charge in [0.25, 0.3) is 0 Å². The van der Waals surface area contributed by atoms with Gasteiger partial charge in [-0.2, -0.15) is 5.10 Å². The maximum atomic E-state index is 13.6. The van der Waals surface area contributed by atoms with E-state index in [0.717, 1.165) is 34.0 Å². The van der Waals surface area contributed by atoms with Crippen molar-refractivity contribution >= 4 is 23.1 Å². The summed E-state index contributed by atoms with van der Waals surface area (Å²) in [4.78, 5) is 18.6. The molecule has 0 bridgehead atoms. The lowest BCUT2D eigenvalue weighted by Gasteiger charge is -2.34. The van der Waals surface area contributed by atoms with E-state index >= 15 is 0 Å². The molecule has 0 aliphatic carbocycles. The second-order valence-corrected chi connectivity index (χ2v) is 7.63. The molecular weight excluding hydrogens is 411 g/mol. The van der Waals surface area contributed by atoms with E-state index in [0.29, 0.717) is 13.1 Å². The Morgan fingerprint density at radius 1 is 1.28 bits per heavy atom. The number of amides is 1. The van der Waals surface area contributed by atoms with E-state index in [1.807, 2.05) is 38.1 Å². The maximum Gasteiger partial charge on any atom is 0.246 e. The summed E-state index contributed by atoms with van der Waals surface area (Å²) < 4.78 is 20.4. The predicted octanol–water partition coefficient (Wildman–Crippen LogP) is 3.81. The number of ether oxygens (including phenoxy) is 1. The van der Waals surface area contributed by atoms with Crippen LogP contribution in [-0.4, -0.2) is 40.9 Å². The molecule has 0 saturated carbocycles. The van der Waals surface area contributed by atoms with Crippen LogP contribution in [0.3, 0.4) is 0 Å². The first-order chi connectivity index (χ1) is 14.9. The maximum absolute atomic E-state index is 13.6. The summed E-state index contributed by atoms with van der Waals surface area (Å²) in [5.41, 5.74) is 4.32. The number of hydrogen-bond acceptors (Lipinski definition) is 6. The van der Waals surface area contributed by atoms with E-state index in [-0.39, 0.29) is 30.9 Å². The van der Waals surface area contributed by atoms with Gasteiger partial charge in [-0.15, -0.1) is 0 Å². The molecule has 3 aromatic rings. The number of halogens is 1. The van der Waals surface area contributed by atoms with Crippen molar-refractivity contribution in [1.82, 2.24) is 14.8 Å². The molecule has 0 spiro atoms. The quantitative estimate of drug-likeness (QED) is 0.607. The lowest BCUT2D eigenvalue weighted by atomic mass is 10.1. The Kier molecular flexibility index (Phi) is 6.67. The van der Waals surface area contributed by atoms with Crippen molar-refractivity contribution < 1.29 is 13.9 Å². The van der Waals surface area contributed by atoms with E-state index in [2.05, 4.69) is 20.7 Å². The van der Waals surface area contributed by atoms with Crippen molar-refractivity contribution in [2.75, 3.05) is 29.7 Å². The molecule has 1 aromatic carbocycles. The molecule has 1 aliphatic rings. The highest BCUT2D eigenvalue weighted by Gasteiger charge is 2.28. The van der Waals surface area contributed by atoms with Gasteiger partial charge in [-0.05, 0) is 31.5 Å². The molecule has 170 valence electrons. The van der Waals surface area contributed by atoms with Crippen LogP contribution in [0.2, 0.25) is 0 Å². The van der Waals surface area contributed by atoms with E-state index in [1.165, 1.54) is 13.2 Å². The number of nitrogens with one attached hydrogen (secondary N) is 2. The monoisotopic (exact) mass is 440 g/mol. The zero-order valence-corrected chi connectivity index (χ0v) is 17.9.